The zero-order valence-electron chi connectivity index (χ0n) is 13.1. The Balaban J connectivity index is 2.68. The molecule has 1 aromatic rings. The van der Waals surface area contributed by atoms with Crippen LogP contribution in [-0.2, 0) is 4.79 Å². The molecular weight excluding hydrogens is 270 g/mol. The van der Waals surface area contributed by atoms with E-state index in [0.717, 1.165) is 5.56 Å². The molecule has 0 saturated carbocycles. The first-order valence-corrected chi connectivity index (χ1v) is 6.86. The molecule has 0 heterocycles. The lowest BCUT2D eigenvalue weighted by Gasteiger charge is -2.18. The second-order valence-corrected chi connectivity index (χ2v) is 5.19. The summed E-state index contributed by atoms with van der Waals surface area (Å²) in [5, 5.41) is 7.94. The van der Waals surface area contributed by atoms with Crippen molar-refractivity contribution in [2.24, 2.45) is 0 Å². The minimum atomic E-state index is -0.571. The van der Waals surface area contributed by atoms with Crippen molar-refractivity contribution in [1.82, 2.24) is 10.6 Å². The van der Waals surface area contributed by atoms with E-state index < -0.39 is 18.0 Å². The Morgan fingerprint density at radius 1 is 1.19 bits per heavy atom. The van der Waals surface area contributed by atoms with Crippen LogP contribution < -0.4 is 20.7 Å². The number of nitrogens with one attached hydrogen (secondary N) is 3. The Hall–Kier alpha value is -2.24. The second kappa shape index (κ2) is 7.52. The fourth-order valence-electron chi connectivity index (χ4n) is 1.75. The number of aryl methyl sites for hydroxylation is 1. The Kier molecular flexibility index (Phi) is 6.02. The van der Waals surface area contributed by atoms with Crippen molar-refractivity contribution < 1.29 is 14.3 Å². The summed E-state index contributed by atoms with van der Waals surface area (Å²) in [5.41, 5.74) is 1.76. The van der Waals surface area contributed by atoms with Gasteiger partial charge in [-0.05, 0) is 45.4 Å². The number of urea groups is 1. The summed E-state index contributed by atoms with van der Waals surface area (Å²) in [5.74, 6) is 0.239. The van der Waals surface area contributed by atoms with Crippen LogP contribution in [0.4, 0.5) is 10.5 Å². The highest BCUT2D eigenvalue weighted by Crippen LogP contribution is 2.25. The Labute approximate surface area is 125 Å². The molecule has 1 rings (SSSR count). The van der Waals surface area contributed by atoms with Gasteiger partial charge in [0, 0.05) is 6.04 Å². The van der Waals surface area contributed by atoms with E-state index in [-0.39, 0.29) is 6.04 Å². The number of amides is 3. The average Bonchev–Trinajstić information content (AvgIpc) is 2.37. The molecule has 0 aliphatic heterocycles. The number of carbonyl (C=O) groups is 2. The number of anilines is 1. The molecule has 0 radical (unpaired) electrons. The number of rotatable bonds is 5. The zero-order valence-corrected chi connectivity index (χ0v) is 13.1. The monoisotopic (exact) mass is 293 g/mol. The summed E-state index contributed by atoms with van der Waals surface area (Å²) in [6.45, 7) is 7.28. The van der Waals surface area contributed by atoms with Gasteiger partial charge in [-0.1, -0.05) is 6.07 Å². The van der Waals surface area contributed by atoms with Crippen molar-refractivity contribution >= 4 is 17.6 Å². The first kappa shape index (κ1) is 16.8. The number of benzene rings is 1. The highest BCUT2D eigenvalue weighted by Gasteiger charge is 2.17. The van der Waals surface area contributed by atoms with Gasteiger partial charge in [0.25, 0.3) is 0 Å². The van der Waals surface area contributed by atoms with Crippen LogP contribution in [0.15, 0.2) is 18.2 Å². The predicted octanol–water partition coefficient (Wildman–Crippen LogP) is 2.04. The van der Waals surface area contributed by atoms with Crippen molar-refractivity contribution in [3.63, 3.8) is 0 Å². The van der Waals surface area contributed by atoms with Crippen LogP contribution in [0.5, 0.6) is 5.75 Å². The van der Waals surface area contributed by atoms with Crippen LogP contribution in [-0.4, -0.2) is 31.1 Å². The fourth-order valence-corrected chi connectivity index (χ4v) is 1.75. The van der Waals surface area contributed by atoms with Crippen LogP contribution in [0.3, 0.4) is 0 Å². The van der Waals surface area contributed by atoms with E-state index in [9.17, 15) is 9.59 Å². The first-order chi connectivity index (χ1) is 9.83. The molecule has 1 aromatic carbocycles. The summed E-state index contributed by atoms with van der Waals surface area (Å²) in [6, 6.07) is 4.53. The fraction of sp³-hybridized carbons (Fsp3) is 0.467. The molecule has 0 aliphatic carbocycles. The predicted molar refractivity (Wildman–Crippen MR) is 82.6 cm³/mol. The molecule has 6 nitrogen and oxygen atoms in total. The highest BCUT2D eigenvalue weighted by atomic mass is 16.5. The summed E-state index contributed by atoms with van der Waals surface area (Å²) < 4.78 is 5.24. The first-order valence-electron chi connectivity index (χ1n) is 6.86. The number of ether oxygens (including phenoxy) is 1. The standard InChI is InChI=1S/C15H23N3O3/c1-9(2)16-15(20)18-14(19)11(4)17-12-8-10(3)6-7-13(12)21-5/h6-9,11,17H,1-5H3,(H2,16,18,19,20). The summed E-state index contributed by atoms with van der Waals surface area (Å²) in [7, 11) is 1.57. The number of methoxy groups -OCH3 is 1. The Morgan fingerprint density at radius 2 is 1.86 bits per heavy atom. The molecule has 0 spiro atoms. The maximum absolute atomic E-state index is 11.9. The van der Waals surface area contributed by atoms with Gasteiger partial charge in [-0.2, -0.15) is 0 Å². The highest BCUT2D eigenvalue weighted by molar-refractivity contribution is 5.98. The Morgan fingerprint density at radius 3 is 2.43 bits per heavy atom. The lowest BCUT2D eigenvalue weighted by Crippen LogP contribution is -2.47. The minimum absolute atomic E-state index is 0.0297. The molecule has 1 unspecified atom stereocenters. The van der Waals surface area contributed by atoms with E-state index in [1.54, 1.807) is 14.0 Å². The molecule has 6 heteroatoms. The maximum Gasteiger partial charge on any atom is 0.321 e. The van der Waals surface area contributed by atoms with Crippen LogP contribution in [0.2, 0.25) is 0 Å². The van der Waals surface area contributed by atoms with Gasteiger partial charge in [-0.15, -0.1) is 0 Å². The van der Waals surface area contributed by atoms with Gasteiger partial charge in [0.15, 0.2) is 0 Å². The van der Waals surface area contributed by atoms with Crippen LogP contribution in [0.1, 0.15) is 26.3 Å². The minimum Gasteiger partial charge on any atom is -0.495 e. The van der Waals surface area contributed by atoms with Gasteiger partial charge in [0.1, 0.15) is 11.8 Å². The van der Waals surface area contributed by atoms with Gasteiger partial charge < -0.3 is 15.4 Å². The van der Waals surface area contributed by atoms with E-state index in [2.05, 4.69) is 16.0 Å². The molecule has 21 heavy (non-hydrogen) atoms. The smallest absolute Gasteiger partial charge is 0.321 e. The molecule has 0 aliphatic rings. The van der Waals surface area contributed by atoms with Crippen molar-refractivity contribution in [3.8, 4) is 5.75 Å². The molecule has 3 N–H and O–H groups in total. The lowest BCUT2D eigenvalue weighted by molar-refractivity contribution is -0.120. The van der Waals surface area contributed by atoms with Gasteiger partial charge in [-0.3, -0.25) is 10.1 Å². The zero-order chi connectivity index (χ0) is 16.0. The number of carbonyl (C=O) groups excluding carboxylic acids is 2. The van der Waals surface area contributed by atoms with Crippen molar-refractivity contribution in [2.75, 3.05) is 12.4 Å². The molecule has 0 aromatic heterocycles. The van der Waals surface area contributed by atoms with E-state index in [0.29, 0.717) is 11.4 Å². The lowest BCUT2D eigenvalue weighted by atomic mass is 10.2. The maximum atomic E-state index is 11.9. The van der Waals surface area contributed by atoms with Crippen molar-refractivity contribution in [1.29, 1.82) is 0 Å². The third-order valence-electron chi connectivity index (χ3n) is 2.78. The number of hydrogen-bond acceptors (Lipinski definition) is 4. The molecule has 116 valence electrons. The molecule has 1 atom stereocenters. The largest absolute Gasteiger partial charge is 0.495 e. The summed E-state index contributed by atoms with van der Waals surface area (Å²) in [4.78, 5) is 23.5. The van der Waals surface area contributed by atoms with Gasteiger partial charge in [-0.25, -0.2) is 4.79 Å². The van der Waals surface area contributed by atoms with Crippen LogP contribution >= 0.6 is 0 Å². The van der Waals surface area contributed by atoms with E-state index in [1.165, 1.54) is 0 Å². The quantitative estimate of drug-likeness (QED) is 0.776. The summed E-state index contributed by atoms with van der Waals surface area (Å²) >= 11 is 0. The van der Waals surface area contributed by atoms with E-state index in [1.807, 2.05) is 39.0 Å². The SMILES string of the molecule is COc1ccc(C)cc1NC(C)C(=O)NC(=O)NC(C)C. The molecule has 0 fully saturated rings. The van der Waals surface area contributed by atoms with Crippen molar-refractivity contribution in [3.05, 3.63) is 23.8 Å². The number of hydrogen-bond donors (Lipinski definition) is 3. The third kappa shape index (κ3) is 5.33. The normalized spacial score (nSPS) is 11.7. The van der Waals surface area contributed by atoms with Gasteiger partial charge in [0.2, 0.25) is 5.91 Å². The third-order valence-corrected chi connectivity index (χ3v) is 2.78. The molecular formula is C15H23N3O3. The molecule has 3 amide bonds. The van der Waals surface area contributed by atoms with Gasteiger partial charge >= 0.3 is 6.03 Å². The summed E-state index contributed by atoms with van der Waals surface area (Å²) in [6.07, 6.45) is 0. The average molecular weight is 293 g/mol. The number of imide groups is 1. The van der Waals surface area contributed by atoms with Gasteiger partial charge in [0.05, 0.1) is 12.8 Å². The second-order valence-electron chi connectivity index (χ2n) is 5.19. The topological polar surface area (TPSA) is 79.5 Å². The Bertz CT molecular complexity index is 515. The van der Waals surface area contributed by atoms with Crippen LogP contribution in [0.25, 0.3) is 0 Å². The molecule has 0 bridgehead atoms. The van der Waals surface area contributed by atoms with Crippen LogP contribution in [0, 0.1) is 6.92 Å². The van der Waals surface area contributed by atoms with E-state index >= 15 is 0 Å². The van der Waals surface area contributed by atoms with E-state index in [4.69, 9.17) is 4.74 Å². The molecule has 0 saturated heterocycles. The van der Waals surface area contributed by atoms with Crippen molar-refractivity contribution in [2.45, 2.75) is 39.8 Å².